The van der Waals surface area contributed by atoms with Crippen LogP contribution in [0.15, 0.2) is 42.7 Å². The highest BCUT2D eigenvalue weighted by Gasteiger charge is 2.30. The van der Waals surface area contributed by atoms with Crippen LogP contribution in [0.4, 0.5) is 13.2 Å². The first-order chi connectivity index (χ1) is 9.49. The summed E-state index contributed by atoms with van der Waals surface area (Å²) >= 11 is 0. The Balaban J connectivity index is 2.08. The van der Waals surface area contributed by atoms with Crippen molar-refractivity contribution in [3.8, 4) is 0 Å². The number of halogens is 3. The minimum absolute atomic E-state index is 0.441. The predicted molar refractivity (Wildman–Crippen MR) is 72.4 cm³/mol. The zero-order valence-electron chi connectivity index (χ0n) is 11.2. The molecule has 0 amide bonds. The summed E-state index contributed by atoms with van der Waals surface area (Å²) in [6.07, 6.45) is -0.460. The van der Waals surface area contributed by atoms with E-state index in [0.717, 1.165) is 24.7 Å². The Kier molecular flexibility index (Phi) is 4.49. The topological polar surface area (TPSA) is 17.0 Å². The molecular formula is C15H17F3N2. The molecule has 0 aliphatic rings. The van der Waals surface area contributed by atoms with Crippen LogP contribution in [0.5, 0.6) is 0 Å². The molecule has 1 N–H and O–H groups in total. The smallest absolute Gasteiger partial charge is 0.350 e. The van der Waals surface area contributed by atoms with E-state index in [1.807, 2.05) is 30.0 Å². The largest absolute Gasteiger partial charge is 0.416 e. The van der Waals surface area contributed by atoms with E-state index < -0.39 is 11.7 Å². The van der Waals surface area contributed by atoms with E-state index in [9.17, 15) is 13.2 Å². The van der Waals surface area contributed by atoms with E-state index in [1.165, 1.54) is 12.1 Å². The molecular weight excluding hydrogens is 265 g/mol. The zero-order chi connectivity index (χ0) is 14.6. The van der Waals surface area contributed by atoms with Crippen LogP contribution in [0.2, 0.25) is 0 Å². The van der Waals surface area contributed by atoms with Crippen LogP contribution >= 0.6 is 0 Å². The van der Waals surface area contributed by atoms with Crippen molar-refractivity contribution in [2.75, 3.05) is 6.54 Å². The SMILES string of the molecule is CCNCc1ccn(Cc2cccc(C(F)(F)F)c2)c1. The van der Waals surface area contributed by atoms with Crippen molar-refractivity contribution < 1.29 is 13.2 Å². The molecule has 108 valence electrons. The number of hydrogen-bond donors (Lipinski definition) is 1. The van der Waals surface area contributed by atoms with Gasteiger partial charge in [0.15, 0.2) is 0 Å². The summed E-state index contributed by atoms with van der Waals surface area (Å²) in [5.41, 5.74) is 1.17. The van der Waals surface area contributed by atoms with E-state index in [4.69, 9.17) is 0 Å². The van der Waals surface area contributed by atoms with E-state index >= 15 is 0 Å². The van der Waals surface area contributed by atoms with Gasteiger partial charge in [-0.3, -0.25) is 0 Å². The van der Waals surface area contributed by atoms with Gasteiger partial charge >= 0.3 is 6.18 Å². The number of hydrogen-bond acceptors (Lipinski definition) is 1. The highest BCUT2D eigenvalue weighted by Crippen LogP contribution is 2.29. The molecule has 20 heavy (non-hydrogen) atoms. The van der Waals surface area contributed by atoms with Gasteiger partial charge in [-0.25, -0.2) is 0 Å². The molecule has 2 rings (SSSR count). The fourth-order valence-electron chi connectivity index (χ4n) is 2.02. The Morgan fingerprint density at radius 1 is 1.15 bits per heavy atom. The van der Waals surface area contributed by atoms with Gasteiger partial charge in [-0.2, -0.15) is 13.2 Å². The van der Waals surface area contributed by atoms with Crippen molar-refractivity contribution in [1.29, 1.82) is 0 Å². The number of nitrogens with zero attached hydrogens (tertiary/aromatic N) is 1. The Bertz CT molecular complexity index is 558. The maximum atomic E-state index is 12.6. The Labute approximate surface area is 116 Å². The first kappa shape index (κ1) is 14.7. The molecule has 5 heteroatoms. The van der Waals surface area contributed by atoms with Gasteiger partial charge in [0.05, 0.1) is 5.56 Å². The normalized spacial score (nSPS) is 11.8. The standard InChI is InChI=1S/C15H17F3N2/c1-2-19-9-13-6-7-20(11-13)10-12-4-3-5-14(8-12)15(16,17)18/h3-8,11,19H,2,9-10H2,1H3. The minimum Gasteiger partial charge on any atom is -0.350 e. The molecule has 0 radical (unpaired) electrons. The molecule has 0 atom stereocenters. The summed E-state index contributed by atoms with van der Waals surface area (Å²) in [6.45, 7) is 4.13. The quantitative estimate of drug-likeness (QED) is 0.885. The second kappa shape index (κ2) is 6.13. The van der Waals surface area contributed by atoms with Crippen molar-refractivity contribution in [2.24, 2.45) is 0 Å². The zero-order valence-corrected chi connectivity index (χ0v) is 11.2. The second-order valence-electron chi connectivity index (χ2n) is 4.67. The van der Waals surface area contributed by atoms with Gasteiger partial charge < -0.3 is 9.88 Å². The number of benzene rings is 1. The fourth-order valence-corrected chi connectivity index (χ4v) is 2.02. The molecule has 0 fully saturated rings. The summed E-state index contributed by atoms with van der Waals surface area (Å²) < 4.78 is 39.8. The van der Waals surface area contributed by atoms with Crippen LogP contribution in [0, 0.1) is 0 Å². The van der Waals surface area contributed by atoms with Gasteiger partial charge in [0.1, 0.15) is 0 Å². The van der Waals surface area contributed by atoms with Crippen LogP contribution < -0.4 is 5.32 Å². The molecule has 2 aromatic rings. The molecule has 0 unspecified atom stereocenters. The summed E-state index contributed by atoms with van der Waals surface area (Å²) in [4.78, 5) is 0. The Hall–Kier alpha value is -1.75. The minimum atomic E-state index is -4.29. The first-order valence-electron chi connectivity index (χ1n) is 6.50. The van der Waals surface area contributed by atoms with Crippen molar-refractivity contribution >= 4 is 0 Å². The summed E-state index contributed by atoms with van der Waals surface area (Å²) in [5.74, 6) is 0. The van der Waals surface area contributed by atoms with Crippen LogP contribution in [-0.4, -0.2) is 11.1 Å². The number of aromatic nitrogens is 1. The highest BCUT2D eigenvalue weighted by atomic mass is 19.4. The first-order valence-corrected chi connectivity index (χ1v) is 6.50. The van der Waals surface area contributed by atoms with Crippen LogP contribution in [-0.2, 0) is 19.3 Å². The lowest BCUT2D eigenvalue weighted by molar-refractivity contribution is -0.137. The van der Waals surface area contributed by atoms with E-state index in [2.05, 4.69) is 5.32 Å². The Morgan fingerprint density at radius 3 is 2.65 bits per heavy atom. The molecule has 0 aliphatic heterocycles. The van der Waals surface area contributed by atoms with Gasteiger partial charge in [-0.05, 0) is 35.9 Å². The van der Waals surface area contributed by atoms with Crippen molar-refractivity contribution in [3.63, 3.8) is 0 Å². The third-order valence-electron chi connectivity index (χ3n) is 3.01. The van der Waals surface area contributed by atoms with E-state index in [-0.39, 0.29) is 0 Å². The van der Waals surface area contributed by atoms with Crippen molar-refractivity contribution in [3.05, 3.63) is 59.4 Å². The third-order valence-corrected chi connectivity index (χ3v) is 3.01. The number of alkyl halides is 3. The highest BCUT2D eigenvalue weighted by molar-refractivity contribution is 5.26. The summed E-state index contributed by atoms with van der Waals surface area (Å²) in [6, 6.07) is 7.41. The van der Waals surface area contributed by atoms with E-state index in [1.54, 1.807) is 6.07 Å². The third kappa shape index (κ3) is 3.87. The maximum absolute atomic E-state index is 12.6. The molecule has 1 aromatic carbocycles. The monoisotopic (exact) mass is 282 g/mol. The van der Waals surface area contributed by atoms with Gasteiger partial charge in [-0.15, -0.1) is 0 Å². The van der Waals surface area contributed by atoms with Crippen LogP contribution in [0.25, 0.3) is 0 Å². The molecule has 0 saturated carbocycles. The molecule has 2 nitrogen and oxygen atoms in total. The molecule has 1 aromatic heterocycles. The van der Waals surface area contributed by atoms with Crippen molar-refractivity contribution in [1.82, 2.24) is 9.88 Å². The fraction of sp³-hybridized carbons (Fsp3) is 0.333. The second-order valence-corrected chi connectivity index (χ2v) is 4.67. The lowest BCUT2D eigenvalue weighted by Crippen LogP contribution is -2.11. The van der Waals surface area contributed by atoms with Crippen LogP contribution in [0.3, 0.4) is 0 Å². The van der Waals surface area contributed by atoms with Gasteiger partial charge in [0.2, 0.25) is 0 Å². The lowest BCUT2D eigenvalue weighted by Gasteiger charge is -2.09. The summed E-state index contributed by atoms with van der Waals surface area (Å²) in [7, 11) is 0. The van der Waals surface area contributed by atoms with Crippen molar-refractivity contribution in [2.45, 2.75) is 26.2 Å². The average Bonchev–Trinajstić information content (AvgIpc) is 2.83. The molecule has 0 aliphatic carbocycles. The Morgan fingerprint density at radius 2 is 1.95 bits per heavy atom. The molecule has 1 heterocycles. The van der Waals surface area contributed by atoms with Gasteiger partial charge in [0.25, 0.3) is 0 Å². The van der Waals surface area contributed by atoms with E-state index in [0.29, 0.717) is 12.1 Å². The maximum Gasteiger partial charge on any atom is 0.416 e. The van der Waals surface area contributed by atoms with Gasteiger partial charge in [0, 0.05) is 25.5 Å². The van der Waals surface area contributed by atoms with Gasteiger partial charge in [-0.1, -0.05) is 19.1 Å². The van der Waals surface area contributed by atoms with Crippen LogP contribution in [0.1, 0.15) is 23.6 Å². The summed E-state index contributed by atoms with van der Waals surface area (Å²) in [5, 5.41) is 3.21. The number of rotatable bonds is 5. The molecule has 0 spiro atoms. The lowest BCUT2D eigenvalue weighted by atomic mass is 10.1. The number of nitrogens with one attached hydrogen (secondary N) is 1. The predicted octanol–water partition coefficient (Wildman–Crippen LogP) is 3.66. The molecule has 0 bridgehead atoms. The molecule has 0 saturated heterocycles. The average molecular weight is 282 g/mol.